The van der Waals surface area contributed by atoms with Gasteiger partial charge in [-0.25, -0.2) is 4.39 Å². The highest BCUT2D eigenvalue weighted by molar-refractivity contribution is 5.96. The highest BCUT2D eigenvalue weighted by atomic mass is 19.1. The normalized spacial score (nSPS) is 9.70. The summed E-state index contributed by atoms with van der Waals surface area (Å²) >= 11 is 0. The van der Waals surface area contributed by atoms with Gasteiger partial charge in [-0.05, 0) is 18.2 Å². The van der Waals surface area contributed by atoms with E-state index in [1.165, 1.54) is 24.5 Å². The molecule has 5 nitrogen and oxygen atoms in total. The lowest BCUT2D eigenvalue weighted by atomic mass is 10.1. The number of hydrogen-bond acceptors (Lipinski definition) is 4. The van der Waals surface area contributed by atoms with Crippen LogP contribution < -0.4 is 11.1 Å². The van der Waals surface area contributed by atoms with Gasteiger partial charge in [-0.2, -0.15) is 0 Å². The molecule has 0 fully saturated rings. The van der Waals surface area contributed by atoms with Gasteiger partial charge in [0.05, 0.1) is 18.7 Å². The van der Waals surface area contributed by atoms with Crippen LogP contribution in [-0.4, -0.2) is 17.6 Å². The molecule has 0 radical (unpaired) electrons. The molecule has 2 rings (SSSR count). The summed E-state index contributed by atoms with van der Waals surface area (Å²) in [5.74, 6) is 4.45. The minimum Gasteiger partial charge on any atom is -0.364 e. The first-order valence-corrected chi connectivity index (χ1v) is 5.86. The quantitative estimate of drug-likeness (QED) is 0.819. The van der Waals surface area contributed by atoms with E-state index in [0.29, 0.717) is 11.3 Å². The van der Waals surface area contributed by atoms with Crippen LogP contribution >= 0.6 is 0 Å². The SMILES string of the molecule is NCC#Cc1cc(F)ccc1C(=O)NCc1ccon1. The molecule has 0 unspecified atom stereocenters. The number of hydrogen-bond donors (Lipinski definition) is 2. The van der Waals surface area contributed by atoms with Crippen LogP contribution in [0.4, 0.5) is 4.39 Å². The second kappa shape index (κ2) is 6.50. The van der Waals surface area contributed by atoms with Crippen LogP contribution in [-0.2, 0) is 6.54 Å². The monoisotopic (exact) mass is 273 g/mol. The summed E-state index contributed by atoms with van der Waals surface area (Å²) in [7, 11) is 0. The van der Waals surface area contributed by atoms with Crippen LogP contribution in [0.2, 0.25) is 0 Å². The van der Waals surface area contributed by atoms with Crippen molar-refractivity contribution in [3.8, 4) is 11.8 Å². The Bertz CT molecular complexity index is 657. The number of carbonyl (C=O) groups excluding carboxylic acids is 1. The summed E-state index contributed by atoms with van der Waals surface area (Å²) < 4.78 is 17.9. The molecule has 20 heavy (non-hydrogen) atoms. The number of nitrogens with two attached hydrogens (primary N) is 1. The lowest BCUT2D eigenvalue weighted by Crippen LogP contribution is -2.24. The third-order valence-electron chi connectivity index (χ3n) is 2.47. The summed E-state index contributed by atoms with van der Waals surface area (Å²) in [6.07, 6.45) is 1.41. The Kier molecular flexibility index (Phi) is 4.47. The van der Waals surface area contributed by atoms with E-state index in [4.69, 9.17) is 5.73 Å². The van der Waals surface area contributed by atoms with Crippen molar-refractivity contribution in [3.05, 3.63) is 53.2 Å². The summed E-state index contributed by atoms with van der Waals surface area (Å²) in [5.41, 5.74) is 6.46. The Morgan fingerprint density at radius 1 is 1.45 bits per heavy atom. The molecule has 2 aromatic rings. The van der Waals surface area contributed by atoms with Crippen LogP contribution in [0.25, 0.3) is 0 Å². The van der Waals surface area contributed by atoms with Crippen molar-refractivity contribution < 1.29 is 13.7 Å². The zero-order valence-electron chi connectivity index (χ0n) is 10.5. The van der Waals surface area contributed by atoms with E-state index in [9.17, 15) is 9.18 Å². The van der Waals surface area contributed by atoms with E-state index in [1.807, 2.05) is 0 Å². The lowest BCUT2D eigenvalue weighted by molar-refractivity contribution is 0.0950. The highest BCUT2D eigenvalue weighted by Crippen LogP contribution is 2.10. The van der Waals surface area contributed by atoms with Gasteiger partial charge in [0, 0.05) is 11.6 Å². The van der Waals surface area contributed by atoms with Gasteiger partial charge in [-0.3, -0.25) is 4.79 Å². The van der Waals surface area contributed by atoms with Crippen molar-refractivity contribution in [2.24, 2.45) is 5.73 Å². The fourth-order valence-electron chi connectivity index (χ4n) is 1.56. The molecule has 0 aliphatic carbocycles. The number of rotatable bonds is 3. The van der Waals surface area contributed by atoms with Crippen LogP contribution in [0.1, 0.15) is 21.6 Å². The molecule has 1 heterocycles. The number of nitrogens with one attached hydrogen (secondary N) is 1. The van der Waals surface area contributed by atoms with E-state index in [0.717, 1.165) is 0 Å². The molecule has 1 aromatic heterocycles. The van der Waals surface area contributed by atoms with Crippen molar-refractivity contribution in [3.63, 3.8) is 0 Å². The van der Waals surface area contributed by atoms with Gasteiger partial charge in [0.2, 0.25) is 0 Å². The molecular weight excluding hydrogens is 261 g/mol. The predicted octanol–water partition coefficient (Wildman–Crippen LogP) is 1.05. The van der Waals surface area contributed by atoms with E-state index < -0.39 is 5.82 Å². The standard InChI is InChI=1S/C14H12FN3O2/c15-11-3-4-13(10(8-11)2-1-6-16)14(19)17-9-12-5-7-20-18-12/h3-5,7-8H,6,9,16H2,(H,17,19). The third kappa shape index (κ3) is 3.43. The minimum absolute atomic E-state index is 0.135. The average molecular weight is 273 g/mol. The van der Waals surface area contributed by atoms with Gasteiger partial charge in [0.25, 0.3) is 5.91 Å². The second-order valence-corrected chi connectivity index (χ2v) is 3.87. The minimum atomic E-state index is -0.459. The van der Waals surface area contributed by atoms with Crippen molar-refractivity contribution >= 4 is 5.91 Å². The van der Waals surface area contributed by atoms with E-state index in [-0.39, 0.29) is 24.6 Å². The second-order valence-electron chi connectivity index (χ2n) is 3.87. The fraction of sp³-hybridized carbons (Fsp3) is 0.143. The molecule has 3 N–H and O–H groups in total. The smallest absolute Gasteiger partial charge is 0.252 e. The van der Waals surface area contributed by atoms with Crippen molar-refractivity contribution in [2.75, 3.05) is 6.54 Å². The summed E-state index contributed by atoms with van der Waals surface area (Å²) in [5, 5.41) is 6.33. The van der Waals surface area contributed by atoms with Crippen LogP contribution in [0.3, 0.4) is 0 Å². The van der Waals surface area contributed by atoms with Gasteiger partial charge < -0.3 is 15.6 Å². The van der Waals surface area contributed by atoms with Crippen molar-refractivity contribution in [1.82, 2.24) is 10.5 Å². The number of amides is 1. The number of carbonyl (C=O) groups is 1. The fourth-order valence-corrected chi connectivity index (χ4v) is 1.56. The lowest BCUT2D eigenvalue weighted by Gasteiger charge is -2.05. The van der Waals surface area contributed by atoms with Crippen LogP contribution in [0, 0.1) is 17.7 Å². The van der Waals surface area contributed by atoms with Crippen LogP contribution in [0.5, 0.6) is 0 Å². The van der Waals surface area contributed by atoms with Gasteiger partial charge >= 0.3 is 0 Å². The predicted molar refractivity (Wildman–Crippen MR) is 70.0 cm³/mol. The largest absolute Gasteiger partial charge is 0.364 e. The van der Waals surface area contributed by atoms with Crippen molar-refractivity contribution in [2.45, 2.75) is 6.54 Å². The molecule has 1 amide bonds. The zero-order valence-corrected chi connectivity index (χ0v) is 10.5. The van der Waals surface area contributed by atoms with E-state index >= 15 is 0 Å². The maximum atomic E-state index is 13.2. The van der Waals surface area contributed by atoms with E-state index in [1.54, 1.807) is 6.07 Å². The summed E-state index contributed by atoms with van der Waals surface area (Å²) in [6.45, 7) is 0.354. The van der Waals surface area contributed by atoms with Crippen molar-refractivity contribution in [1.29, 1.82) is 0 Å². The van der Waals surface area contributed by atoms with Gasteiger partial charge in [-0.1, -0.05) is 17.0 Å². The topological polar surface area (TPSA) is 81.2 Å². The molecule has 0 spiro atoms. The molecule has 6 heteroatoms. The average Bonchev–Trinajstić information content (AvgIpc) is 2.96. The molecule has 0 saturated heterocycles. The molecule has 0 atom stereocenters. The third-order valence-corrected chi connectivity index (χ3v) is 2.47. The Morgan fingerprint density at radius 3 is 3.00 bits per heavy atom. The first-order chi connectivity index (χ1) is 9.70. The first-order valence-electron chi connectivity index (χ1n) is 5.86. The molecule has 0 aliphatic rings. The van der Waals surface area contributed by atoms with Crippen LogP contribution in [0.15, 0.2) is 35.1 Å². The summed E-state index contributed by atoms with van der Waals surface area (Å²) in [6, 6.07) is 5.43. The van der Waals surface area contributed by atoms with Gasteiger partial charge in [0.1, 0.15) is 17.8 Å². The number of halogens is 1. The first kappa shape index (κ1) is 13.8. The Labute approximate surface area is 114 Å². The maximum absolute atomic E-state index is 13.2. The molecule has 102 valence electrons. The molecule has 0 bridgehead atoms. The Hall–Kier alpha value is -2.65. The highest BCUT2D eigenvalue weighted by Gasteiger charge is 2.11. The Morgan fingerprint density at radius 2 is 2.30 bits per heavy atom. The number of aromatic nitrogens is 1. The summed E-state index contributed by atoms with van der Waals surface area (Å²) in [4.78, 5) is 12.0. The molecule has 0 saturated carbocycles. The van der Waals surface area contributed by atoms with E-state index in [2.05, 4.69) is 26.8 Å². The maximum Gasteiger partial charge on any atom is 0.252 e. The number of benzene rings is 1. The zero-order chi connectivity index (χ0) is 14.4. The number of nitrogens with zero attached hydrogens (tertiary/aromatic N) is 1. The molecule has 0 aliphatic heterocycles. The molecule has 1 aromatic carbocycles. The Balaban J connectivity index is 2.16. The molecular formula is C14H12FN3O2. The van der Waals surface area contributed by atoms with Gasteiger partial charge in [-0.15, -0.1) is 0 Å². The van der Waals surface area contributed by atoms with Gasteiger partial charge in [0.15, 0.2) is 0 Å².